The molecule has 0 saturated heterocycles. The van der Waals surface area contributed by atoms with Crippen molar-refractivity contribution >= 4 is 33.4 Å². The molecule has 2 heterocycles. The van der Waals surface area contributed by atoms with E-state index in [0.717, 1.165) is 5.56 Å². The number of esters is 1. The van der Waals surface area contributed by atoms with Crippen LogP contribution in [-0.4, -0.2) is 41.4 Å². The highest BCUT2D eigenvalue weighted by molar-refractivity contribution is 7.92. The molecule has 10 nitrogen and oxygen atoms in total. The van der Waals surface area contributed by atoms with Crippen LogP contribution < -0.4 is 10.0 Å². The molecular formula is C29H31N5O5S. The molecule has 4 rings (SSSR count). The average molecular weight is 562 g/mol. The van der Waals surface area contributed by atoms with Crippen molar-refractivity contribution in [1.29, 1.82) is 0 Å². The number of amides is 1. The van der Waals surface area contributed by atoms with E-state index in [9.17, 15) is 18.0 Å². The predicted molar refractivity (Wildman–Crippen MR) is 152 cm³/mol. The molecule has 0 spiro atoms. The Kier molecular flexibility index (Phi) is 8.34. The molecule has 0 radical (unpaired) electrons. The van der Waals surface area contributed by atoms with Crippen molar-refractivity contribution in [3.8, 4) is 0 Å². The van der Waals surface area contributed by atoms with Gasteiger partial charge in [0.15, 0.2) is 0 Å². The Bertz CT molecular complexity index is 1640. The molecule has 208 valence electrons. The first-order chi connectivity index (χ1) is 19.0. The van der Waals surface area contributed by atoms with E-state index in [1.165, 1.54) is 30.3 Å². The van der Waals surface area contributed by atoms with Crippen molar-refractivity contribution in [2.45, 2.75) is 46.1 Å². The number of rotatable bonds is 9. The molecule has 40 heavy (non-hydrogen) atoms. The highest BCUT2D eigenvalue weighted by atomic mass is 32.2. The lowest BCUT2D eigenvalue weighted by Gasteiger charge is -2.12. The van der Waals surface area contributed by atoms with Gasteiger partial charge in [-0.1, -0.05) is 30.3 Å². The Morgan fingerprint density at radius 3 is 2.25 bits per heavy atom. The minimum absolute atomic E-state index is 0.00499. The smallest absolute Gasteiger partial charge is 0.355 e. The number of aromatic nitrogens is 3. The molecule has 2 aromatic heterocycles. The number of benzene rings is 2. The minimum atomic E-state index is -3.91. The quantitative estimate of drug-likeness (QED) is 0.281. The second-order valence-corrected chi connectivity index (χ2v) is 10.9. The fourth-order valence-electron chi connectivity index (χ4n) is 4.53. The van der Waals surface area contributed by atoms with Crippen LogP contribution >= 0.6 is 0 Å². The van der Waals surface area contributed by atoms with Gasteiger partial charge in [0.2, 0.25) is 0 Å². The molecule has 0 aliphatic heterocycles. The summed E-state index contributed by atoms with van der Waals surface area (Å²) in [5.74, 6) is -0.307. The van der Waals surface area contributed by atoms with Crippen LogP contribution in [0.5, 0.6) is 0 Å². The topological polar surface area (TPSA) is 132 Å². The van der Waals surface area contributed by atoms with E-state index >= 15 is 0 Å². The molecule has 0 aliphatic rings. The maximum absolute atomic E-state index is 13.4. The molecule has 0 saturated carbocycles. The molecule has 2 N–H and O–H groups in total. The van der Waals surface area contributed by atoms with Crippen LogP contribution in [0.2, 0.25) is 0 Å². The van der Waals surface area contributed by atoms with Crippen molar-refractivity contribution in [3.05, 3.63) is 100 Å². The van der Waals surface area contributed by atoms with E-state index in [1.54, 1.807) is 39.2 Å². The van der Waals surface area contributed by atoms with Crippen LogP contribution in [0.3, 0.4) is 0 Å². The highest BCUT2D eigenvalue weighted by Crippen LogP contribution is 2.26. The molecule has 2 aromatic carbocycles. The number of carbonyl (C=O) groups excluding carboxylic acids is 2. The number of ether oxygens (including phenoxy) is 1. The number of anilines is 2. The van der Waals surface area contributed by atoms with Crippen molar-refractivity contribution in [2.75, 3.05) is 16.6 Å². The maximum atomic E-state index is 13.4. The van der Waals surface area contributed by atoms with Crippen molar-refractivity contribution in [1.82, 2.24) is 14.5 Å². The fraction of sp³-hybridized carbons (Fsp3) is 0.241. The van der Waals surface area contributed by atoms with E-state index in [2.05, 4.69) is 20.0 Å². The molecule has 0 fully saturated rings. The maximum Gasteiger partial charge on any atom is 0.355 e. The van der Waals surface area contributed by atoms with Gasteiger partial charge in [-0.05, 0) is 70.0 Å². The van der Waals surface area contributed by atoms with Crippen molar-refractivity contribution < 1.29 is 22.7 Å². The van der Waals surface area contributed by atoms with Crippen LogP contribution in [0.1, 0.15) is 56.1 Å². The third-order valence-corrected chi connectivity index (χ3v) is 7.64. The summed E-state index contributed by atoms with van der Waals surface area (Å²) in [4.78, 5) is 34.6. The summed E-state index contributed by atoms with van der Waals surface area (Å²) < 4.78 is 35.3. The number of sulfonamides is 1. The third-order valence-electron chi connectivity index (χ3n) is 6.27. The molecule has 1 amide bonds. The molecule has 0 aliphatic carbocycles. The molecule has 4 aromatic rings. The lowest BCUT2D eigenvalue weighted by atomic mass is 10.1. The van der Waals surface area contributed by atoms with Gasteiger partial charge in [-0.25, -0.2) is 23.2 Å². The zero-order valence-electron chi connectivity index (χ0n) is 23.0. The summed E-state index contributed by atoms with van der Waals surface area (Å²) in [6.45, 7) is 9.25. The fourth-order valence-corrected chi connectivity index (χ4v) is 5.52. The van der Waals surface area contributed by atoms with E-state index in [4.69, 9.17) is 4.74 Å². The van der Waals surface area contributed by atoms with Crippen LogP contribution in [0, 0.1) is 27.7 Å². The second kappa shape index (κ2) is 11.7. The molecular weight excluding hydrogens is 530 g/mol. The van der Waals surface area contributed by atoms with Crippen LogP contribution in [0.4, 0.5) is 11.5 Å². The van der Waals surface area contributed by atoms with Crippen LogP contribution in [-0.2, 0) is 21.3 Å². The third kappa shape index (κ3) is 6.20. The highest BCUT2D eigenvalue weighted by Gasteiger charge is 2.27. The number of hydrogen-bond acceptors (Lipinski definition) is 7. The number of nitrogens with one attached hydrogen (secondary N) is 2. The Morgan fingerprint density at radius 2 is 1.62 bits per heavy atom. The van der Waals surface area contributed by atoms with Gasteiger partial charge in [-0.15, -0.1) is 0 Å². The van der Waals surface area contributed by atoms with Crippen molar-refractivity contribution in [3.63, 3.8) is 0 Å². The first-order valence-corrected chi connectivity index (χ1v) is 14.2. The summed E-state index contributed by atoms with van der Waals surface area (Å²) in [5.41, 5.74) is 3.78. The van der Waals surface area contributed by atoms with E-state index in [-0.39, 0.29) is 17.3 Å². The second-order valence-electron chi connectivity index (χ2n) is 9.25. The number of nitrogens with zero attached hydrogens (tertiary/aromatic N) is 3. The summed E-state index contributed by atoms with van der Waals surface area (Å²) in [7, 11) is -3.91. The monoisotopic (exact) mass is 561 g/mol. The molecule has 0 unspecified atom stereocenters. The number of hydrogen-bond donors (Lipinski definition) is 2. The van der Waals surface area contributed by atoms with Crippen LogP contribution in [0.15, 0.2) is 65.6 Å². The van der Waals surface area contributed by atoms with Crippen molar-refractivity contribution in [2.24, 2.45) is 0 Å². The average Bonchev–Trinajstić information content (AvgIpc) is 3.13. The largest absolute Gasteiger partial charge is 0.461 e. The predicted octanol–water partition coefficient (Wildman–Crippen LogP) is 4.79. The zero-order chi connectivity index (χ0) is 29.0. The Morgan fingerprint density at radius 1 is 0.950 bits per heavy atom. The van der Waals surface area contributed by atoms with Gasteiger partial charge in [0.25, 0.3) is 15.9 Å². The van der Waals surface area contributed by atoms with Gasteiger partial charge < -0.3 is 14.6 Å². The summed E-state index contributed by atoms with van der Waals surface area (Å²) in [6.07, 6.45) is 0. The lowest BCUT2D eigenvalue weighted by molar-refractivity contribution is 0.0513. The minimum Gasteiger partial charge on any atom is -0.461 e. The van der Waals surface area contributed by atoms with Crippen LogP contribution in [0.25, 0.3) is 0 Å². The van der Waals surface area contributed by atoms with Gasteiger partial charge in [0.05, 0.1) is 17.1 Å². The Labute approximate surface area is 233 Å². The van der Waals surface area contributed by atoms with Gasteiger partial charge in [-0.3, -0.25) is 9.52 Å². The summed E-state index contributed by atoms with van der Waals surface area (Å²) in [5, 5.41) is 2.82. The summed E-state index contributed by atoms with van der Waals surface area (Å²) in [6, 6.07) is 16.9. The van der Waals surface area contributed by atoms with Gasteiger partial charge in [0.1, 0.15) is 17.3 Å². The number of aryl methyl sites for hydroxylation is 2. The van der Waals surface area contributed by atoms with E-state index in [1.807, 2.05) is 30.3 Å². The number of carbonyl (C=O) groups is 2. The lowest BCUT2D eigenvalue weighted by Crippen LogP contribution is -2.16. The SMILES string of the molecule is CCOC(=O)c1c(C)c(C(=O)Nc2ccc(S(=O)(=O)Nc3cc(C)nc(C)n3)cc2)c(C)n1Cc1ccccc1. The van der Waals surface area contributed by atoms with E-state index < -0.39 is 21.9 Å². The zero-order valence-corrected chi connectivity index (χ0v) is 23.8. The first-order valence-electron chi connectivity index (χ1n) is 12.7. The molecule has 0 atom stereocenters. The first kappa shape index (κ1) is 28.5. The normalized spacial score (nSPS) is 11.2. The van der Waals surface area contributed by atoms with Gasteiger partial charge in [-0.2, -0.15) is 0 Å². The summed E-state index contributed by atoms with van der Waals surface area (Å²) >= 11 is 0. The van der Waals surface area contributed by atoms with E-state index in [0.29, 0.717) is 46.3 Å². The van der Waals surface area contributed by atoms with Gasteiger partial charge in [0, 0.05) is 29.7 Å². The van der Waals surface area contributed by atoms with Gasteiger partial charge >= 0.3 is 5.97 Å². The molecule has 0 bridgehead atoms. The standard InChI is InChI=1S/C29H31N5O5S/c1-6-39-29(36)27-19(3)26(20(4)34(27)17-22-10-8-7-9-11-22)28(35)32-23-12-14-24(15-13-23)40(37,38)33-25-16-18(2)30-21(5)31-25/h7-16H,6,17H2,1-5H3,(H,32,35)(H,30,31,33). The Hall–Kier alpha value is -4.51. The molecule has 11 heteroatoms. The Balaban J connectivity index is 1.59.